The number of anilines is 1. The fourth-order valence-corrected chi connectivity index (χ4v) is 3.49. The van der Waals surface area contributed by atoms with Crippen LogP contribution in [0, 0.1) is 0 Å². The van der Waals surface area contributed by atoms with Crippen molar-refractivity contribution in [2.75, 3.05) is 24.3 Å². The molecule has 5 nitrogen and oxygen atoms in total. The van der Waals surface area contributed by atoms with Gasteiger partial charge >= 0.3 is 0 Å². The highest BCUT2D eigenvalue weighted by molar-refractivity contribution is 8.14. The molecule has 0 aliphatic carbocycles. The van der Waals surface area contributed by atoms with Gasteiger partial charge in [-0.05, 0) is 19.8 Å². The van der Waals surface area contributed by atoms with Crippen molar-refractivity contribution >= 4 is 22.6 Å². The predicted molar refractivity (Wildman–Crippen MR) is 74.2 cm³/mol. The van der Waals surface area contributed by atoms with E-state index in [1.165, 1.54) is 0 Å². The summed E-state index contributed by atoms with van der Waals surface area (Å²) >= 11 is 1.81. The number of amidine groups is 1. The van der Waals surface area contributed by atoms with Crippen molar-refractivity contribution in [1.82, 2.24) is 9.78 Å². The van der Waals surface area contributed by atoms with Crippen LogP contribution in [0.1, 0.15) is 19.8 Å². The van der Waals surface area contributed by atoms with Gasteiger partial charge in [-0.2, -0.15) is 5.10 Å². The number of nitrogens with zero attached hydrogens (tertiary/aromatic N) is 3. The minimum atomic E-state index is 0.117. The molecule has 1 aromatic heterocycles. The molecule has 6 heteroatoms. The van der Waals surface area contributed by atoms with Crippen molar-refractivity contribution in [2.24, 2.45) is 4.99 Å². The molecule has 98 valence electrons. The summed E-state index contributed by atoms with van der Waals surface area (Å²) in [5, 5.41) is 8.63. The molecule has 1 N–H and O–H groups in total. The molecule has 0 amide bonds. The van der Waals surface area contributed by atoms with Gasteiger partial charge < -0.3 is 10.1 Å². The number of nitrogens with one attached hydrogen (secondary N) is 1. The SMILES string of the molecule is CCn1cc(NC2=NC3(CCOCC3)CS2)cn1. The lowest BCUT2D eigenvalue weighted by atomic mass is 9.93. The Morgan fingerprint density at radius 3 is 3.06 bits per heavy atom. The highest BCUT2D eigenvalue weighted by atomic mass is 32.2. The number of rotatable bonds is 2. The Hall–Kier alpha value is -1.01. The molecule has 2 aliphatic rings. The summed E-state index contributed by atoms with van der Waals surface area (Å²) in [7, 11) is 0. The van der Waals surface area contributed by atoms with Gasteiger partial charge in [-0.25, -0.2) is 0 Å². The Morgan fingerprint density at radius 2 is 2.33 bits per heavy atom. The Labute approximate surface area is 111 Å². The Bertz CT molecular complexity index is 451. The first-order chi connectivity index (χ1) is 8.80. The molecule has 1 saturated heterocycles. The van der Waals surface area contributed by atoms with E-state index in [1.807, 2.05) is 17.1 Å². The number of thioether (sulfide) groups is 1. The molecular formula is C12H18N4OS. The van der Waals surface area contributed by atoms with E-state index in [2.05, 4.69) is 17.3 Å². The van der Waals surface area contributed by atoms with Crippen molar-refractivity contribution < 1.29 is 4.74 Å². The average molecular weight is 266 g/mol. The van der Waals surface area contributed by atoms with Crippen LogP contribution in [0.4, 0.5) is 5.69 Å². The topological polar surface area (TPSA) is 51.4 Å². The van der Waals surface area contributed by atoms with Crippen LogP contribution in [0.5, 0.6) is 0 Å². The first-order valence-corrected chi connectivity index (χ1v) is 7.38. The van der Waals surface area contributed by atoms with Gasteiger partial charge in [0.05, 0.1) is 17.4 Å². The zero-order valence-electron chi connectivity index (χ0n) is 10.6. The fraction of sp³-hybridized carbons (Fsp3) is 0.667. The Kier molecular flexibility index (Phi) is 3.30. The van der Waals surface area contributed by atoms with Crippen molar-refractivity contribution in [1.29, 1.82) is 0 Å². The van der Waals surface area contributed by atoms with Gasteiger partial charge in [-0.15, -0.1) is 0 Å². The van der Waals surface area contributed by atoms with Crippen molar-refractivity contribution in [2.45, 2.75) is 31.8 Å². The van der Waals surface area contributed by atoms with Gasteiger partial charge in [0.25, 0.3) is 0 Å². The minimum Gasteiger partial charge on any atom is -0.381 e. The van der Waals surface area contributed by atoms with E-state index < -0.39 is 0 Å². The number of aliphatic imine (C=N–C) groups is 1. The molecule has 3 rings (SSSR count). The molecule has 2 aliphatic heterocycles. The summed E-state index contributed by atoms with van der Waals surface area (Å²) in [6.45, 7) is 4.65. The zero-order valence-corrected chi connectivity index (χ0v) is 11.4. The van der Waals surface area contributed by atoms with Gasteiger partial charge in [-0.3, -0.25) is 9.67 Å². The third kappa shape index (κ3) is 2.40. The Morgan fingerprint density at radius 1 is 1.50 bits per heavy atom. The van der Waals surface area contributed by atoms with Crippen LogP contribution in [-0.4, -0.2) is 39.5 Å². The highest BCUT2D eigenvalue weighted by Crippen LogP contribution is 2.36. The van der Waals surface area contributed by atoms with E-state index in [0.717, 1.165) is 49.2 Å². The molecular weight excluding hydrogens is 248 g/mol. The van der Waals surface area contributed by atoms with Crippen molar-refractivity contribution in [3.63, 3.8) is 0 Å². The number of hydrogen-bond acceptors (Lipinski definition) is 5. The van der Waals surface area contributed by atoms with E-state index in [9.17, 15) is 0 Å². The molecule has 1 spiro atoms. The monoisotopic (exact) mass is 266 g/mol. The molecule has 3 heterocycles. The van der Waals surface area contributed by atoms with Crippen LogP contribution in [0.2, 0.25) is 0 Å². The molecule has 0 atom stereocenters. The maximum absolute atomic E-state index is 5.42. The average Bonchev–Trinajstić information content (AvgIpc) is 2.99. The van der Waals surface area contributed by atoms with Crippen LogP contribution in [-0.2, 0) is 11.3 Å². The minimum absolute atomic E-state index is 0.117. The molecule has 1 fully saturated rings. The van der Waals surface area contributed by atoms with Crippen LogP contribution < -0.4 is 5.32 Å². The molecule has 0 aromatic carbocycles. The van der Waals surface area contributed by atoms with Crippen LogP contribution in [0.25, 0.3) is 0 Å². The maximum atomic E-state index is 5.42. The van der Waals surface area contributed by atoms with Gasteiger partial charge in [0.1, 0.15) is 0 Å². The molecule has 0 saturated carbocycles. The van der Waals surface area contributed by atoms with E-state index >= 15 is 0 Å². The smallest absolute Gasteiger partial charge is 0.161 e. The number of hydrogen-bond donors (Lipinski definition) is 1. The standard InChI is InChI=1S/C12H18N4OS/c1-2-16-8-10(7-13-16)14-11-15-12(9-18-11)3-5-17-6-4-12/h7-8H,2-6,9H2,1H3,(H,14,15). The molecule has 0 unspecified atom stereocenters. The van der Waals surface area contributed by atoms with Crippen molar-refractivity contribution in [3.05, 3.63) is 12.4 Å². The number of aromatic nitrogens is 2. The summed E-state index contributed by atoms with van der Waals surface area (Å²) in [6.07, 6.45) is 5.94. The molecule has 0 radical (unpaired) electrons. The summed E-state index contributed by atoms with van der Waals surface area (Å²) in [4.78, 5) is 4.86. The second kappa shape index (κ2) is 4.93. The molecule has 0 bridgehead atoms. The number of ether oxygens (including phenoxy) is 1. The third-order valence-electron chi connectivity index (χ3n) is 3.45. The lowest BCUT2D eigenvalue weighted by Gasteiger charge is -2.29. The lowest BCUT2D eigenvalue weighted by molar-refractivity contribution is 0.0624. The first-order valence-electron chi connectivity index (χ1n) is 6.40. The lowest BCUT2D eigenvalue weighted by Crippen LogP contribution is -2.34. The van der Waals surface area contributed by atoms with Crippen LogP contribution in [0.3, 0.4) is 0 Å². The van der Waals surface area contributed by atoms with Crippen molar-refractivity contribution in [3.8, 4) is 0 Å². The number of aryl methyl sites for hydroxylation is 1. The summed E-state index contributed by atoms with van der Waals surface area (Å²) in [6, 6.07) is 0. The van der Waals surface area contributed by atoms with Gasteiger partial charge in [0.2, 0.25) is 0 Å². The summed E-state index contributed by atoms with van der Waals surface area (Å²) in [5.74, 6) is 1.07. The van der Waals surface area contributed by atoms with Gasteiger partial charge in [-0.1, -0.05) is 11.8 Å². The molecule has 18 heavy (non-hydrogen) atoms. The maximum Gasteiger partial charge on any atom is 0.161 e. The second-order valence-electron chi connectivity index (χ2n) is 4.75. The van der Waals surface area contributed by atoms with Gasteiger partial charge in [0.15, 0.2) is 5.17 Å². The van der Waals surface area contributed by atoms with Gasteiger partial charge in [0, 0.05) is 31.7 Å². The van der Waals surface area contributed by atoms with E-state index in [1.54, 1.807) is 11.8 Å². The van der Waals surface area contributed by atoms with E-state index in [0.29, 0.717) is 0 Å². The predicted octanol–water partition coefficient (Wildman–Crippen LogP) is 1.97. The fourth-order valence-electron chi connectivity index (χ4n) is 2.28. The largest absolute Gasteiger partial charge is 0.381 e. The highest BCUT2D eigenvalue weighted by Gasteiger charge is 2.37. The zero-order chi connectivity index (χ0) is 12.4. The Balaban J connectivity index is 1.68. The van der Waals surface area contributed by atoms with E-state index in [4.69, 9.17) is 9.73 Å². The quantitative estimate of drug-likeness (QED) is 0.889. The first kappa shape index (κ1) is 12.0. The summed E-state index contributed by atoms with van der Waals surface area (Å²) < 4.78 is 7.32. The van der Waals surface area contributed by atoms with Crippen LogP contribution in [0.15, 0.2) is 17.4 Å². The third-order valence-corrected chi connectivity index (χ3v) is 4.60. The summed E-state index contributed by atoms with van der Waals surface area (Å²) in [5.41, 5.74) is 1.14. The second-order valence-corrected chi connectivity index (χ2v) is 5.72. The van der Waals surface area contributed by atoms with E-state index in [-0.39, 0.29) is 5.54 Å². The molecule has 1 aromatic rings. The van der Waals surface area contributed by atoms with Crippen LogP contribution >= 0.6 is 11.8 Å². The normalized spacial score (nSPS) is 22.2.